The molecule has 1 unspecified atom stereocenters. The van der Waals surface area contributed by atoms with Crippen molar-refractivity contribution in [2.24, 2.45) is 0 Å². The Hall–Kier alpha value is -2.21. The first-order valence-electron chi connectivity index (χ1n) is 9.98. The van der Waals surface area contributed by atoms with Gasteiger partial charge in [-0.2, -0.15) is 4.98 Å². The maximum atomic E-state index is 12.6. The molecule has 0 radical (unpaired) electrons. The molecule has 2 aliphatic rings. The van der Waals surface area contributed by atoms with E-state index in [4.69, 9.17) is 9.26 Å². The van der Waals surface area contributed by atoms with Gasteiger partial charge in [0.25, 0.3) is 0 Å². The van der Waals surface area contributed by atoms with Gasteiger partial charge in [-0.1, -0.05) is 48.3 Å². The van der Waals surface area contributed by atoms with Gasteiger partial charge in [-0.15, -0.1) is 0 Å². The van der Waals surface area contributed by atoms with Crippen LogP contribution in [0.2, 0.25) is 0 Å². The molecule has 144 valence electrons. The van der Waals surface area contributed by atoms with E-state index in [1.807, 2.05) is 42.2 Å². The third-order valence-electron chi connectivity index (χ3n) is 5.68. The molecule has 27 heavy (non-hydrogen) atoms. The van der Waals surface area contributed by atoms with Gasteiger partial charge in [0.05, 0.1) is 24.5 Å². The van der Waals surface area contributed by atoms with Crippen molar-refractivity contribution < 1.29 is 14.1 Å². The number of carbonyl (C=O) groups is 1. The Bertz CT molecular complexity index is 749. The lowest BCUT2D eigenvalue weighted by Gasteiger charge is -2.38. The van der Waals surface area contributed by atoms with Crippen LogP contribution < -0.4 is 0 Å². The second kappa shape index (κ2) is 8.21. The first-order valence-corrected chi connectivity index (χ1v) is 9.98. The Morgan fingerprint density at radius 3 is 2.74 bits per heavy atom. The highest BCUT2D eigenvalue weighted by Gasteiger charge is 2.37. The van der Waals surface area contributed by atoms with Gasteiger partial charge in [-0.25, -0.2) is 0 Å². The van der Waals surface area contributed by atoms with Crippen molar-refractivity contribution in [3.63, 3.8) is 0 Å². The van der Waals surface area contributed by atoms with Crippen LogP contribution in [0.3, 0.4) is 0 Å². The number of aromatic nitrogens is 2. The van der Waals surface area contributed by atoms with E-state index in [9.17, 15) is 4.79 Å². The highest BCUT2D eigenvalue weighted by molar-refractivity contribution is 5.84. The van der Waals surface area contributed by atoms with E-state index in [1.165, 1.54) is 25.7 Å². The Morgan fingerprint density at radius 2 is 2.00 bits per heavy atom. The second-order valence-electron chi connectivity index (χ2n) is 7.65. The first-order chi connectivity index (χ1) is 13.2. The molecule has 2 fully saturated rings. The quantitative estimate of drug-likeness (QED) is 0.749. The van der Waals surface area contributed by atoms with Gasteiger partial charge >= 0.3 is 0 Å². The molecule has 1 aliphatic carbocycles. The number of benzene rings is 1. The summed E-state index contributed by atoms with van der Waals surface area (Å²) >= 11 is 0. The zero-order valence-corrected chi connectivity index (χ0v) is 15.8. The van der Waals surface area contributed by atoms with Crippen molar-refractivity contribution in [2.45, 2.75) is 57.0 Å². The van der Waals surface area contributed by atoms with E-state index in [0.29, 0.717) is 43.9 Å². The Labute approximate surface area is 159 Å². The molecule has 2 heterocycles. The number of ether oxygens (including phenoxy) is 1. The molecule has 1 aromatic carbocycles. The number of hydrogen-bond donors (Lipinski definition) is 0. The molecule has 1 aliphatic heterocycles. The van der Waals surface area contributed by atoms with Crippen LogP contribution in [0.1, 0.15) is 61.7 Å². The number of likely N-dealkylation sites (tertiary alicyclic amines) is 1. The minimum Gasteiger partial charge on any atom is -0.378 e. The van der Waals surface area contributed by atoms with Crippen LogP contribution in [0, 0.1) is 0 Å². The van der Waals surface area contributed by atoms with Gasteiger partial charge in [0.15, 0.2) is 5.82 Å². The molecule has 0 bridgehead atoms. The van der Waals surface area contributed by atoms with Crippen LogP contribution in [0.4, 0.5) is 0 Å². The van der Waals surface area contributed by atoms with Crippen LogP contribution in [-0.4, -0.2) is 46.7 Å². The summed E-state index contributed by atoms with van der Waals surface area (Å²) in [6, 6.07) is 9.89. The van der Waals surface area contributed by atoms with Gasteiger partial charge in [0, 0.05) is 19.5 Å². The van der Waals surface area contributed by atoms with Crippen molar-refractivity contribution in [3.05, 3.63) is 47.6 Å². The molecule has 6 heteroatoms. The standard InChI is InChI=1S/C21H27N3O3/c1-15(16-7-3-2-4-8-16)21(25)24-13-17(14-24)20-22-19(23-27-20)11-12-26-18-9-5-6-10-18/h2-4,7-8,15,17-18H,5-6,9-14H2,1H3. The fraction of sp³-hybridized carbons (Fsp3) is 0.571. The SMILES string of the molecule is CC(C(=O)N1CC(c2nc(CCOC3CCCC3)no2)C1)c1ccccc1. The predicted molar refractivity (Wildman–Crippen MR) is 100 cm³/mol. The van der Waals surface area contributed by atoms with Gasteiger partial charge < -0.3 is 14.2 Å². The molecule has 2 aromatic rings. The van der Waals surface area contributed by atoms with E-state index < -0.39 is 0 Å². The van der Waals surface area contributed by atoms with Crippen LogP contribution in [0.15, 0.2) is 34.9 Å². The molecular weight excluding hydrogens is 342 g/mol. The minimum atomic E-state index is -0.127. The van der Waals surface area contributed by atoms with Crippen molar-refractivity contribution in [2.75, 3.05) is 19.7 Å². The topological polar surface area (TPSA) is 68.5 Å². The number of amides is 1. The summed E-state index contributed by atoms with van der Waals surface area (Å²) in [4.78, 5) is 19.0. The number of carbonyl (C=O) groups excluding carboxylic acids is 1. The number of hydrogen-bond acceptors (Lipinski definition) is 5. The average molecular weight is 369 g/mol. The summed E-state index contributed by atoms with van der Waals surface area (Å²) in [5, 5.41) is 4.07. The minimum absolute atomic E-state index is 0.127. The molecule has 4 rings (SSSR count). The van der Waals surface area contributed by atoms with E-state index in [0.717, 1.165) is 5.56 Å². The van der Waals surface area contributed by atoms with Crippen LogP contribution in [0.5, 0.6) is 0 Å². The Morgan fingerprint density at radius 1 is 1.26 bits per heavy atom. The maximum absolute atomic E-state index is 12.6. The van der Waals surface area contributed by atoms with Crippen LogP contribution in [-0.2, 0) is 16.0 Å². The number of nitrogens with zero attached hydrogens (tertiary/aromatic N) is 3. The average Bonchev–Trinajstić information content (AvgIpc) is 3.33. The van der Waals surface area contributed by atoms with Gasteiger partial charge in [-0.3, -0.25) is 4.79 Å². The first kappa shape index (κ1) is 18.2. The fourth-order valence-electron chi connectivity index (χ4n) is 3.88. The normalized spacial score (nSPS) is 19.2. The van der Waals surface area contributed by atoms with Gasteiger partial charge in [0.2, 0.25) is 11.8 Å². The van der Waals surface area contributed by atoms with E-state index in [1.54, 1.807) is 0 Å². The molecular formula is C21H27N3O3. The third kappa shape index (κ3) is 4.21. The summed E-state index contributed by atoms with van der Waals surface area (Å²) in [5.74, 6) is 1.52. The van der Waals surface area contributed by atoms with Crippen molar-refractivity contribution in [1.29, 1.82) is 0 Å². The van der Waals surface area contributed by atoms with E-state index in [-0.39, 0.29) is 17.7 Å². The molecule has 0 N–H and O–H groups in total. The van der Waals surface area contributed by atoms with Gasteiger partial charge in [0.1, 0.15) is 0 Å². The third-order valence-corrected chi connectivity index (χ3v) is 5.68. The van der Waals surface area contributed by atoms with E-state index >= 15 is 0 Å². The molecule has 0 spiro atoms. The molecule has 1 atom stereocenters. The van der Waals surface area contributed by atoms with E-state index in [2.05, 4.69) is 10.1 Å². The van der Waals surface area contributed by atoms with Crippen molar-refractivity contribution >= 4 is 5.91 Å². The lowest BCUT2D eigenvalue weighted by Crippen LogP contribution is -2.50. The summed E-state index contributed by atoms with van der Waals surface area (Å²) in [6.07, 6.45) is 5.98. The Balaban J connectivity index is 1.23. The van der Waals surface area contributed by atoms with Crippen molar-refractivity contribution in [3.8, 4) is 0 Å². The highest BCUT2D eigenvalue weighted by atomic mass is 16.5. The smallest absolute Gasteiger partial charge is 0.233 e. The zero-order valence-electron chi connectivity index (χ0n) is 15.8. The fourth-order valence-corrected chi connectivity index (χ4v) is 3.88. The van der Waals surface area contributed by atoms with Gasteiger partial charge in [-0.05, 0) is 25.3 Å². The zero-order chi connectivity index (χ0) is 18.6. The molecule has 1 aromatic heterocycles. The van der Waals surface area contributed by atoms with Crippen LogP contribution >= 0.6 is 0 Å². The molecule has 6 nitrogen and oxygen atoms in total. The van der Waals surface area contributed by atoms with Crippen molar-refractivity contribution in [1.82, 2.24) is 15.0 Å². The summed E-state index contributed by atoms with van der Waals surface area (Å²) < 4.78 is 11.3. The molecule has 1 amide bonds. The Kier molecular flexibility index (Phi) is 5.53. The van der Waals surface area contributed by atoms with Crippen LogP contribution in [0.25, 0.3) is 0 Å². The maximum Gasteiger partial charge on any atom is 0.233 e. The summed E-state index contributed by atoms with van der Waals surface area (Å²) in [5.41, 5.74) is 1.05. The lowest BCUT2D eigenvalue weighted by atomic mass is 9.94. The second-order valence-corrected chi connectivity index (χ2v) is 7.65. The largest absolute Gasteiger partial charge is 0.378 e. The highest BCUT2D eigenvalue weighted by Crippen LogP contribution is 2.29. The summed E-state index contributed by atoms with van der Waals surface area (Å²) in [6.45, 7) is 3.90. The molecule has 1 saturated heterocycles. The lowest BCUT2D eigenvalue weighted by molar-refractivity contribution is -0.137. The summed E-state index contributed by atoms with van der Waals surface area (Å²) in [7, 11) is 0. The predicted octanol–water partition coefficient (Wildman–Crippen LogP) is 3.30. The number of rotatable bonds is 7. The molecule has 1 saturated carbocycles. The monoisotopic (exact) mass is 369 g/mol.